The number of aromatic nitrogens is 2. The highest BCUT2D eigenvalue weighted by molar-refractivity contribution is 9.10. The molecule has 0 saturated heterocycles. The van der Waals surface area contributed by atoms with Gasteiger partial charge in [-0.1, -0.05) is 58.5 Å². The van der Waals surface area contributed by atoms with Gasteiger partial charge in [0.1, 0.15) is 9.76 Å². The van der Waals surface area contributed by atoms with E-state index in [0.717, 1.165) is 4.60 Å². The van der Waals surface area contributed by atoms with Gasteiger partial charge >= 0.3 is 0 Å². The van der Waals surface area contributed by atoms with Gasteiger partial charge in [-0.15, -0.1) is 0 Å². The first-order valence-corrected chi connectivity index (χ1v) is 7.36. The molecule has 0 aromatic carbocycles. The van der Waals surface area contributed by atoms with Gasteiger partial charge in [0, 0.05) is 18.0 Å². The van der Waals surface area contributed by atoms with E-state index >= 15 is 0 Å². The minimum atomic E-state index is -1.42. The third kappa shape index (κ3) is 6.77. The Morgan fingerprint density at radius 3 is 2.05 bits per heavy atom. The summed E-state index contributed by atoms with van der Waals surface area (Å²) in [6, 6.07) is 7.12. The lowest BCUT2D eigenvalue weighted by Gasteiger charge is -2.09. The van der Waals surface area contributed by atoms with E-state index in [2.05, 4.69) is 25.9 Å². The van der Waals surface area contributed by atoms with Crippen molar-refractivity contribution in [3.8, 4) is 0 Å². The zero-order chi connectivity index (χ0) is 14.5. The van der Waals surface area contributed by atoms with Crippen LogP contribution in [0, 0.1) is 6.92 Å². The number of halogens is 5. The van der Waals surface area contributed by atoms with Crippen LogP contribution in [-0.4, -0.2) is 9.97 Å². The Hall–Kier alpha value is -0.0600. The molecule has 0 fully saturated rings. The first-order valence-electron chi connectivity index (χ1n) is 5.06. The molecule has 0 spiro atoms. The van der Waals surface area contributed by atoms with Crippen molar-refractivity contribution in [2.75, 3.05) is 0 Å². The van der Waals surface area contributed by atoms with Crippen molar-refractivity contribution in [3.63, 3.8) is 0 Å². The Labute approximate surface area is 140 Å². The maximum Gasteiger partial charge on any atom is 0.217 e. The molecular weight excluding hydrogens is 394 g/mol. The fourth-order valence-corrected chi connectivity index (χ4v) is 1.67. The molecule has 0 radical (unpaired) electrons. The minimum absolute atomic E-state index is 0.378. The second kappa shape index (κ2) is 7.65. The molecule has 0 unspecified atom stereocenters. The lowest BCUT2D eigenvalue weighted by atomic mass is 10.3. The number of hydrogen-bond donors (Lipinski definition) is 0. The van der Waals surface area contributed by atoms with Crippen LogP contribution in [0.1, 0.15) is 11.1 Å². The molecule has 2 rings (SSSR count). The smallest absolute Gasteiger partial charge is 0.217 e. The largest absolute Gasteiger partial charge is 0.249 e. The quantitative estimate of drug-likeness (QED) is 0.416. The number of alkyl halides is 3. The van der Waals surface area contributed by atoms with Crippen molar-refractivity contribution in [1.29, 1.82) is 0 Å². The molecular formula is C12H9BrCl4N2. The standard InChI is InChI=1S/C6H6BrN.C6H3Cl4N/c1-5-2-3-6(7)8-4-5;7-5-2-1-4(3-11-5)6(8,9)10/h2-4H,1H3;1-3H. The average Bonchev–Trinajstić information content (AvgIpc) is 2.33. The summed E-state index contributed by atoms with van der Waals surface area (Å²) in [5.41, 5.74) is 1.69. The molecule has 19 heavy (non-hydrogen) atoms. The molecule has 2 aromatic heterocycles. The summed E-state index contributed by atoms with van der Waals surface area (Å²) < 4.78 is -0.527. The highest BCUT2D eigenvalue weighted by Gasteiger charge is 2.22. The molecule has 0 bridgehead atoms. The number of hydrogen-bond acceptors (Lipinski definition) is 2. The molecule has 2 aromatic rings. The molecule has 7 heteroatoms. The Morgan fingerprint density at radius 1 is 1.00 bits per heavy atom. The van der Waals surface area contributed by atoms with Crippen LogP contribution in [0.4, 0.5) is 0 Å². The monoisotopic (exact) mass is 400 g/mol. The van der Waals surface area contributed by atoms with Gasteiger partial charge in [0.2, 0.25) is 3.79 Å². The minimum Gasteiger partial charge on any atom is -0.249 e. The van der Waals surface area contributed by atoms with Crippen LogP contribution in [0.5, 0.6) is 0 Å². The summed E-state index contributed by atoms with van der Waals surface area (Å²) in [5.74, 6) is 0. The first-order chi connectivity index (χ1) is 8.79. The highest BCUT2D eigenvalue weighted by Crippen LogP contribution is 2.37. The molecule has 0 aliphatic rings. The molecule has 0 aliphatic heterocycles. The zero-order valence-corrected chi connectivity index (χ0v) is 14.4. The second-order valence-corrected chi connectivity index (χ2v) is 7.01. The van der Waals surface area contributed by atoms with E-state index in [1.165, 1.54) is 11.8 Å². The van der Waals surface area contributed by atoms with Gasteiger partial charge in [0.25, 0.3) is 0 Å². The fraction of sp³-hybridized carbons (Fsp3) is 0.167. The van der Waals surface area contributed by atoms with Crippen LogP contribution in [0.25, 0.3) is 0 Å². The number of rotatable bonds is 0. The summed E-state index contributed by atoms with van der Waals surface area (Å²) in [7, 11) is 0. The molecule has 0 aliphatic carbocycles. The molecule has 0 saturated carbocycles. The van der Waals surface area contributed by atoms with Crippen molar-refractivity contribution < 1.29 is 0 Å². The van der Waals surface area contributed by atoms with E-state index in [1.54, 1.807) is 12.1 Å². The summed E-state index contributed by atoms with van der Waals surface area (Å²) in [6.45, 7) is 2.01. The van der Waals surface area contributed by atoms with E-state index < -0.39 is 3.79 Å². The van der Waals surface area contributed by atoms with Crippen molar-refractivity contribution >= 4 is 62.3 Å². The van der Waals surface area contributed by atoms with Crippen molar-refractivity contribution in [3.05, 3.63) is 57.5 Å². The normalized spacial score (nSPS) is 10.6. The van der Waals surface area contributed by atoms with Crippen molar-refractivity contribution in [2.45, 2.75) is 10.7 Å². The Bertz CT molecular complexity index is 488. The van der Waals surface area contributed by atoms with E-state index in [9.17, 15) is 0 Å². The Kier molecular flexibility index (Phi) is 6.84. The number of pyridine rings is 2. The van der Waals surface area contributed by atoms with Crippen LogP contribution in [0.3, 0.4) is 0 Å². The maximum atomic E-state index is 5.56. The second-order valence-electron chi connectivity index (χ2n) is 3.53. The lowest BCUT2D eigenvalue weighted by Crippen LogP contribution is -1.99. The van der Waals surface area contributed by atoms with Gasteiger partial charge in [-0.2, -0.15) is 0 Å². The van der Waals surface area contributed by atoms with Crippen LogP contribution >= 0.6 is 62.3 Å². The van der Waals surface area contributed by atoms with E-state index in [4.69, 9.17) is 46.4 Å². The summed E-state index contributed by atoms with van der Waals surface area (Å²) in [4.78, 5) is 7.75. The molecule has 0 atom stereocenters. The average molecular weight is 403 g/mol. The molecule has 0 amide bonds. The fourth-order valence-electron chi connectivity index (χ4n) is 0.993. The molecule has 2 heterocycles. The van der Waals surface area contributed by atoms with Crippen molar-refractivity contribution in [1.82, 2.24) is 9.97 Å². The third-order valence-electron chi connectivity index (χ3n) is 1.93. The molecule has 0 N–H and O–H groups in total. The third-order valence-corrected chi connectivity index (χ3v) is 3.28. The van der Waals surface area contributed by atoms with Gasteiger partial charge < -0.3 is 0 Å². The SMILES string of the molecule is Cc1ccc(Br)nc1.Clc1ccc(C(Cl)(Cl)Cl)cn1. The molecule has 102 valence electrons. The van der Waals surface area contributed by atoms with Gasteiger partial charge in [-0.25, -0.2) is 9.97 Å². The van der Waals surface area contributed by atoms with E-state index in [-0.39, 0.29) is 0 Å². The maximum absolute atomic E-state index is 5.56. The first kappa shape index (κ1) is 17.0. The van der Waals surface area contributed by atoms with Crippen LogP contribution < -0.4 is 0 Å². The van der Waals surface area contributed by atoms with E-state index in [0.29, 0.717) is 10.7 Å². The van der Waals surface area contributed by atoms with Crippen LogP contribution in [0.15, 0.2) is 41.3 Å². The van der Waals surface area contributed by atoms with Gasteiger partial charge in [-0.3, -0.25) is 0 Å². The van der Waals surface area contributed by atoms with E-state index in [1.807, 2.05) is 25.3 Å². The van der Waals surface area contributed by atoms with Gasteiger partial charge in [0.05, 0.1) is 0 Å². The topological polar surface area (TPSA) is 25.8 Å². The van der Waals surface area contributed by atoms with Crippen LogP contribution in [-0.2, 0) is 3.79 Å². The van der Waals surface area contributed by atoms with Gasteiger partial charge in [0.15, 0.2) is 0 Å². The summed E-state index contributed by atoms with van der Waals surface area (Å²) in [6.07, 6.45) is 3.25. The Balaban J connectivity index is 0.000000200. The van der Waals surface area contributed by atoms with Crippen LogP contribution in [0.2, 0.25) is 5.15 Å². The summed E-state index contributed by atoms with van der Waals surface area (Å²) in [5, 5.41) is 0.378. The summed E-state index contributed by atoms with van der Waals surface area (Å²) >= 11 is 25.4. The lowest BCUT2D eigenvalue weighted by molar-refractivity contribution is 1.17. The predicted molar refractivity (Wildman–Crippen MR) is 85.2 cm³/mol. The zero-order valence-electron chi connectivity index (χ0n) is 9.75. The predicted octanol–water partition coefficient (Wildman–Crippen LogP) is 5.71. The van der Waals surface area contributed by atoms with Crippen molar-refractivity contribution in [2.24, 2.45) is 0 Å². The Morgan fingerprint density at radius 2 is 1.68 bits per heavy atom. The van der Waals surface area contributed by atoms with Gasteiger partial charge in [-0.05, 0) is 40.5 Å². The highest BCUT2D eigenvalue weighted by atomic mass is 79.9. The number of nitrogens with zero attached hydrogens (tertiary/aromatic N) is 2. The molecule has 2 nitrogen and oxygen atoms in total. The number of aryl methyl sites for hydroxylation is 1.